The molecule has 1 aliphatic rings. The molecule has 0 atom stereocenters. The second kappa shape index (κ2) is 8.10. The molecular formula is C20H25F2N5O. The van der Waals surface area contributed by atoms with E-state index in [1.807, 2.05) is 20.0 Å². The van der Waals surface area contributed by atoms with E-state index < -0.39 is 6.11 Å². The van der Waals surface area contributed by atoms with Crippen molar-refractivity contribution in [3.05, 3.63) is 42.1 Å². The molecule has 0 saturated carbocycles. The number of rotatable bonds is 8. The molecule has 8 heteroatoms. The molecule has 0 bridgehead atoms. The van der Waals surface area contributed by atoms with Crippen molar-refractivity contribution in [2.24, 2.45) is 0 Å². The highest BCUT2D eigenvalue weighted by atomic mass is 19.3. The van der Waals surface area contributed by atoms with Gasteiger partial charge >= 0.3 is 6.11 Å². The molecule has 28 heavy (non-hydrogen) atoms. The molecule has 2 heterocycles. The van der Waals surface area contributed by atoms with Gasteiger partial charge in [-0.2, -0.15) is 8.78 Å². The van der Waals surface area contributed by atoms with Gasteiger partial charge in [0.15, 0.2) is 0 Å². The van der Waals surface area contributed by atoms with Gasteiger partial charge in [0, 0.05) is 43.7 Å². The van der Waals surface area contributed by atoms with Crippen molar-refractivity contribution >= 4 is 22.9 Å². The molecule has 0 radical (unpaired) electrons. The van der Waals surface area contributed by atoms with E-state index >= 15 is 0 Å². The highest BCUT2D eigenvalue weighted by Gasteiger charge is 2.29. The van der Waals surface area contributed by atoms with Crippen molar-refractivity contribution in [2.75, 3.05) is 30.4 Å². The fourth-order valence-corrected chi connectivity index (χ4v) is 3.09. The number of nitrogens with one attached hydrogen (secondary N) is 3. The third kappa shape index (κ3) is 4.56. The third-order valence-electron chi connectivity index (χ3n) is 4.63. The summed E-state index contributed by atoms with van der Waals surface area (Å²) < 4.78 is 30.5. The Hall–Kier alpha value is -2.74. The zero-order chi connectivity index (χ0) is 20.3. The van der Waals surface area contributed by atoms with Crippen molar-refractivity contribution in [1.29, 1.82) is 5.41 Å². The molecule has 1 fully saturated rings. The van der Waals surface area contributed by atoms with Gasteiger partial charge in [-0.3, -0.25) is 0 Å². The molecule has 1 aromatic carbocycles. The quantitative estimate of drug-likeness (QED) is 0.595. The number of nitrogens with zero attached hydrogens (tertiary/aromatic N) is 2. The predicted molar refractivity (Wildman–Crippen MR) is 107 cm³/mol. The maximum absolute atomic E-state index is 13.0. The molecule has 0 unspecified atom stereocenters. The summed E-state index contributed by atoms with van der Waals surface area (Å²) in [6.45, 7) is 4.39. The van der Waals surface area contributed by atoms with Crippen LogP contribution < -0.4 is 20.3 Å². The van der Waals surface area contributed by atoms with Gasteiger partial charge < -0.3 is 25.7 Å². The van der Waals surface area contributed by atoms with Crippen LogP contribution in [0, 0.1) is 5.41 Å². The number of anilines is 3. The molecule has 6 nitrogen and oxygen atoms in total. The lowest BCUT2D eigenvalue weighted by molar-refractivity contribution is -0.158. The first kappa shape index (κ1) is 20.0. The molecule has 1 aliphatic heterocycles. The number of benzene rings is 1. The monoisotopic (exact) mass is 389 g/mol. The van der Waals surface area contributed by atoms with E-state index in [0.29, 0.717) is 36.6 Å². The zero-order valence-electron chi connectivity index (χ0n) is 16.2. The largest absolute Gasteiger partial charge is 0.433 e. The summed E-state index contributed by atoms with van der Waals surface area (Å²) in [4.78, 5) is 6.64. The van der Waals surface area contributed by atoms with Crippen molar-refractivity contribution in [1.82, 2.24) is 10.3 Å². The first-order valence-corrected chi connectivity index (χ1v) is 9.23. The maximum atomic E-state index is 13.0. The van der Waals surface area contributed by atoms with Crippen LogP contribution in [0.5, 0.6) is 5.75 Å². The summed E-state index contributed by atoms with van der Waals surface area (Å²) in [5.41, 5.74) is 2.91. The molecule has 1 aromatic heterocycles. The lowest BCUT2D eigenvalue weighted by atomic mass is 10.0. The average molecular weight is 389 g/mol. The number of pyridine rings is 1. The second-order valence-corrected chi connectivity index (χ2v) is 6.84. The lowest BCUT2D eigenvalue weighted by Crippen LogP contribution is -2.57. The van der Waals surface area contributed by atoms with Gasteiger partial charge in [-0.1, -0.05) is 6.92 Å². The van der Waals surface area contributed by atoms with Crippen molar-refractivity contribution in [2.45, 2.75) is 32.4 Å². The molecule has 1 saturated heterocycles. The van der Waals surface area contributed by atoms with Crippen LogP contribution in [0.3, 0.4) is 0 Å². The van der Waals surface area contributed by atoms with Gasteiger partial charge in [-0.25, -0.2) is 4.98 Å². The van der Waals surface area contributed by atoms with Gasteiger partial charge in [0.05, 0.1) is 11.3 Å². The van der Waals surface area contributed by atoms with Crippen LogP contribution in [-0.4, -0.2) is 43.0 Å². The maximum Gasteiger partial charge on any atom is 0.394 e. The summed E-state index contributed by atoms with van der Waals surface area (Å²) in [5.74, 6) is 0.659. The Bertz CT molecular complexity index is 829. The van der Waals surface area contributed by atoms with E-state index in [2.05, 4.69) is 25.3 Å². The Morgan fingerprint density at radius 3 is 2.54 bits per heavy atom. The van der Waals surface area contributed by atoms with Gasteiger partial charge in [0.25, 0.3) is 0 Å². The van der Waals surface area contributed by atoms with E-state index in [1.54, 1.807) is 18.3 Å². The Morgan fingerprint density at radius 2 is 1.96 bits per heavy atom. The van der Waals surface area contributed by atoms with E-state index in [1.165, 1.54) is 12.1 Å². The first-order valence-electron chi connectivity index (χ1n) is 9.23. The Labute approximate surface area is 163 Å². The van der Waals surface area contributed by atoms with Crippen LogP contribution in [0.25, 0.3) is 0 Å². The van der Waals surface area contributed by atoms with Crippen LogP contribution in [0.4, 0.5) is 26.0 Å². The van der Waals surface area contributed by atoms with Gasteiger partial charge in [-0.05, 0) is 43.8 Å². The average Bonchev–Trinajstić information content (AvgIpc) is 2.61. The number of hydrogen-bond acceptors (Lipinski definition) is 6. The van der Waals surface area contributed by atoms with Gasteiger partial charge in [-0.15, -0.1) is 0 Å². The lowest BCUT2D eigenvalue weighted by Gasteiger charge is -2.42. The van der Waals surface area contributed by atoms with Crippen molar-refractivity contribution in [3.63, 3.8) is 0 Å². The molecule has 0 spiro atoms. The standard InChI is InChI=1S/C20H25F2N5O/c1-4-16(23)18-17(27-11-14(12-27)24-3)9-10-25-19(18)26-13-5-7-15(8-6-13)28-20(2,21)22/h5-10,14,23-24H,4,11-12H2,1-3H3,(H,25,26). The minimum absolute atomic E-state index is 0.0833. The zero-order valence-corrected chi connectivity index (χ0v) is 16.2. The minimum Gasteiger partial charge on any atom is -0.433 e. The smallest absolute Gasteiger partial charge is 0.394 e. The fourth-order valence-electron chi connectivity index (χ4n) is 3.09. The van der Waals surface area contributed by atoms with E-state index in [4.69, 9.17) is 5.41 Å². The van der Waals surface area contributed by atoms with E-state index in [0.717, 1.165) is 24.3 Å². The number of hydrogen-bond donors (Lipinski definition) is 3. The Balaban J connectivity index is 1.84. The van der Waals surface area contributed by atoms with Crippen LogP contribution in [0.2, 0.25) is 0 Å². The summed E-state index contributed by atoms with van der Waals surface area (Å²) in [5, 5.41) is 14.9. The van der Waals surface area contributed by atoms with Crippen LogP contribution in [-0.2, 0) is 0 Å². The third-order valence-corrected chi connectivity index (χ3v) is 4.63. The van der Waals surface area contributed by atoms with E-state index in [-0.39, 0.29) is 5.75 Å². The fraction of sp³-hybridized carbons (Fsp3) is 0.400. The summed E-state index contributed by atoms with van der Waals surface area (Å²) in [6, 6.07) is 8.61. The summed E-state index contributed by atoms with van der Waals surface area (Å²) in [6.07, 6.45) is -0.933. The number of alkyl halides is 2. The highest BCUT2D eigenvalue weighted by Crippen LogP contribution is 2.32. The number of aromatic nitrogens is 1. The molecule has 3 N–H and O–H groups in total. The molecule has 0 amide bonds. The van der Waals surface area contributed by atoms with Crippen molar-refractivity contribution in [3.8, 4) is 5.75 Å². The summed E-state index contributed by atoms with van der Waals surface area (Å²) >= 11 is 0. The highest BCUT2D eigenvalue weighted by molar-refractivity contribution is 6.07. The van der Waals surface area contributed by atoms with Crippen molar-refractivity contribution < 1.29 is 13.5 Å². The number of halogens is 2. The SMILES string of the molecule is CCC(=N)c1c(N2CC(NC)C2)ccnc1Nc1ccc(OC(C)(F)F)cc1. The van der Waals surface area contributed by atoms with E-state index in [9.17, 15) is 8.78 Å². The molecule has 3 rings (SSSR count). The topological polar surface area (TPSA) is 73.3 Å². The molecule has 150 valence electrons. The van der Waals surface area contributed by atoms with Crippen LogP contribution in [0.1, 0.15) is 25.8 Å². The second-order valence-electron chi connectivity index (χ2n) is 6.84. The van der Waals surface area contributed by atoms with Crippen LogP contribution >= 0.6 is 0 Å². The molecule has 2 aromatic rings. The Morgan fingerprint density at radius 1 is 1.29 bits per heavy atom. The van der Waals surface area contributed by atoms with Crippen LogP contribution in [0.15, 0.2) is 36.5 Å². The molecule has 0 aliphatic carbocycles. The predicted octanol–water partition coefficient (Wildman–Crippen LogP) is 4.00. The normalized spacial score (nSPS) is 14.5. The number of likely N-dealkylation sites (N-methyl/N-ethyl adjacent to an activating group) is 1. The Kier molecular flexibility index (Phi) is 5.79. The summed E-state index contributed by atoms with van der Waals surface area (Å²) in [7, 11) is 1.94. The van der Waals surface area contributed by atoms with Gasteiger partial charge in [0.1, 0.15) is 11.6 Å². The molecular weight excluding hydrogens is 364 g/mol. The first-order chi connectivity index (χ1) is 13.3. The van der Waals surface area contributed by atoms with Gasteiger partial charge in [0.2, 0.25) is 0 Å². The minimum atomic E-state index is -3.23. The number of ether oxygens (including phenoxy) is 1.